The molecule has 2 aromatic rings. The van der Waals surface area contributed by atoms with E-state index in [2.05, 4.69) is 20.4 Å². The van der Waals surface area contributed by atoms with Gasteiger partial charge in [0.1, 0.15) is 0 Å². The number of rotatable bonds is 4. The second kappa shape index (κ2) is 4.66. The van der Waals surface area contributed by atoms with Crippen LogP contribution in [0, 0.1) is 6.92 Å². The van der Waals surface area contributed by atoms with E-state index in [1.54, 1.807) is 10.9 Å². The smallest absolute Gasteiger partial charge is 0.250 e. The Balaban J connectivity index is 1.73. The molecule has 0 unspecified atom stereocenters. The van der Waals surface area contributed by atoms with Crippen LogP contribution in [-0.2, 0) is 6.54 Å². The molecule has 18 heavy (non-hydrogen) atoms. The molecule has 5 nitrogen and oxygen atoms in total. The van der Waals surface area contributed by atoms with E-state index < -0.39 is 0 Å². The average molecular weight is 264 g/mol. The number of halogens is 1. The van der Waals surface area contributed by atoms with Gasteiger partial charge in [0.15, 0.2) is 0 Å². The molecule has 94 valence electrons. The molecule has 1 aliphatic rings. The van der Waals surface area contributed by atoms with Crippen LogP contribution < -0.4 is 5.32 Å². The summed E-state index contributed by atoms with van der Waals surface area (Å²) in [5, 5.41) is 8.28. The maximum Gasteiger partial charge on any atom is 0.250 e. The first-order valence-electron chi connectivity index (χ1n) is 5.99. The molecule has 0 atom stereocenters. The minimum Gasteiger partial charge on any atom is -0.310 e. The summed E-state index contributed by atoms with van der Waals surface area (Å²) in [5.41, 5.74) is 1.86. The van der Waals surface area contributed by atoms with Crippen molar-refractivity contribution < 1.29 is 0 Å². The minimum atomic E-state index is 0.542. The molecule has 1 N–H and O–H groups in total. The minimum absolute atomic E-state index is 0.542. The van der Waals surface area contributed by atoms with E-state index in [0.29, 0.717) is 17.0 Å². The summed E-state index contributed by atoms with van der Waals surface area (Å²) in [4.78, 5) is 8.58. The molecule has 1 fully saturated rings. The van der Waals surface area contributed by atoms with E-state index in [1.807, 2.05) is 19.3 Å². The fraction of sp³-hybridized carbons (Fsp3) is 0.417. The van der Waals surface area contributed by atoms with Gasteiger partial charge in [0.25, 0.3) is 0 Å². The largest absolute Gasteiger partial charge is 0.310 e. The lowest BCUT2D eigenvalue weighted by Crippen LogP contribution is -2.16. The van der Waals surface area contributed by atoms with Crippen molar-refractivity contribution in [2.24, 2.45) is 0 Å². The van der Waals surface area contributed by atoms with E-state index in [1.165, 1.54) is 12.8 Å². The van der Waals surface area contributed by atoms with Gasteiger partial charge in [0.05, 0.1) is 16.9 Å². The fourth-order valence-corrected chi connectivity index (χ4v) is 1.78. The van der Waals surface area contributed by atoms with Crippen molar-refractivity contribution in [1.82, 2.24) is 25.1 Å². The third kappa shape index (κ3) is 2.52. The zero-order valence-corrected chi connectivity index (χ0v) is 10.9. The van der Waals surface area contributed by atoms with E-state index in [9.17, 15) is 0 Å². The van der Waals surface area contributed by atoms with Crippen molar-refractivity contribution in [3.63, 3.8) is 0 Å². The van der Waals surface area contributed by atoms with Gasteiger partial charge in [-0.05, 0) is 19.8 Å². The van der Waals surface area contributed by atoms with Crippen LogP contribution in [0.4, 0.5) is 0 Å². The zero-order chi connectivity index (χ0) is 12.5. The summed E-state index contributed by atoms with van der Waals surface area (Å²) in [6.45, 7) is 2.68. The fourth-order valence-electron chi connectivity index (χ4n) is 1.65. The second-order valence-electron chi connectivity index (χ2n) is 4.55. The van der Waals surface area contributed by atoms with E-state index >= 15 is 0 Å². The maximum atomic E-state index is 5.95. The molecule has 0 bridgehead atoms. The molecule has 0 saturated heterocycles. The first kappa shape index (κ1) is 11.6. The summed E-state index contributed by atoms with van der Waals surface area (Å²) < 4.78 is 1.59. The molecule has 2 heterocycles. The molecule has 0 aliphatic heterocycles. The van der Waals surface area contributed by atoms with Gasteiger partial charge in [-0.15, -0.1) is 0 Å². The van der Waals surface area contributed by atoms with Gasteiger partial charge in [0.2, 0.25) is 5.95 Å². The molecule has 1 aliphatic carbocycles. The summed E-state index contributed by atoms with van der Waals surface area (Å²) in [7, 11) is 0. The van der Waals surface area contributed by atoms with Crippen molar-refractivity contribution in [2.75, 3.05) is 0 Å². The Bertz CT molecular complexity index is 525. The van der Waals surface area contributed by atoms with Gasteiger partial charge < -0.3 is 5.32 Å². The van der Waals surface area contributed by atoms with Crippen LogP contribution in [0.25, 0.3) is 5.95 Å². The molecular formula is C12H14ClN5. The normalized spacial score (nSPS) is 15.0. The Morgan fingerprint density at radius 1 is 1.39 bits per heavy atom. The molecule has 0 spiro atoms. The molecule has 6 heteroatoms. The topological polar surface area (TPSA) is 55.6 Å². The molecular weight excluding hydrogens is 250 g/mol. The van der Waals surface area contributed by atoms with Crippen LogP contribution in [0.1, 0.15) is 24.1 Å². The third-order valence-electron chi connectivity index (χ3n) is 2.91. The van der Waals surface area contributed by atoms with Crippen molar-refractivity contribution in [1.29, 1.82) is 0 Å². The Kier molecular flexibility index (Phi) is 3.01. The Morgan fingerprint density at radius 2 is 2.11 bits per heavy atom. The van der Waals surface area contributed by atoms with Gasteiger partial charge >= 0.3 is 0 Å². The molecule has 0 radical (unpaired) electrons. The van der Waals surface area contributed by atoms with Crippen LogP contribution in [-0.4, -0.2) is 25.8 Å². The maximum absolute atomic E-state index is 5.95. The van der Waals surface area contributed by atoms with Crippen molar-refractivity contribution in [3.05, 3.63) is 34.9 Å². The number of aryl methyl sites for hydroxylation is 1. The van der Waals surface area contributed by atoms with E-state index in [0.717, 1.165) is 17.8 Å². The summed E-state index contributed by atoms with van der Waals surface area (Å²) >= 11 is 5.95. The van der Waals surface area contributed by atoms with Crippen molar-refractivity contribution in [3.8, 4) is 5.95 Å². The lowest BCUT2D eigenvalue weighted by Gasteiger charge is -2.03. The van der Waals surface area contributed by atoms with Gasteiger partial charge in [-0.2, -0.15) is 5.10 Å². The first-order valence-corrected chi connectivity index (χ1v) is 6.36. The Labute approximate surface area is 110 Å². The van der Waals surface area contributed by atoms with Crippen molar-refractivity contribution in [2.45, 2.75) is 32.4 Å². The predicted molar refractivity (Wildman–Crippen MR) is 68.8 cm³/mol. The highest BCUT2D eigenvalue weighted by atomic mass is 35.5. The lowest BCUT2D eigenvalue weighted by atomic mass is 10.3. The quantitative estimate of drug-likeness (QED) is 0.915. The van der Waals surface area contributed by atoms with Gasteiger partial charge in [-0.25, -0.2) is 14.6 Å². The summed E-state index contributed by atoms with van der Waals surface area (Å²) in [6.07, 6.45) is 7.92. The number of hydrogen-bond donors (Lipinski definition) is 1. The highest BCUT2D eigenvalue weighted by Gasteiger charge is 2.20. The second-order valence-corrected chi connectivity index (χ2v) is 4.96. The van der Waals surface area contributed by atoms with Crippen LogP contribution >= 0.6 is 11.6 Å². The van der Waals surface area contributed by atoms with Crippen LogP contribution in [0.5, 0.6) is 0 Å². The highest BCUT2D eigenvalue weighted by molar-refractivity contribution is 6.31. The molecule has 0 amide bonds. The standard InChI is InChI=1S/C12H14ClN5/c1-8-11(13)7-18(17-8)12-15-5-9(6-16-12)4-14-10-2-3-10/h5-7,10,14H,2-4H2,1H3. The number of nitrogens with one attached hydrogen (secondary N) is 1. The van der Waals surface area contributed by atoms with Crippen molar-refractivity contribution >= 4 is 11.6 Å². The number of hydrogen-bond acceptors (Lipinski definition) is 4. The van der Waals surface area contributed by atoms with Gasteiger partial charge in [-0.1, -0.05) is 11.6 Å². The molecule has 3 rings (SSSR count). The van der Waals surface area contributed by atoms with Crippen LogP contribution in [0.2, 0.25) is 5.02 Å². The van der Waals surface area contributed by atoms with E-state index in [-0.39, 0.29) is 0 Å². The SMILES string of the molecule is Cc1nn(-c2ncc(CNC3CC3)cn2)cc1Cl. The highest BCUT2D eigenvalue weighted by Crippen LogP contribution is 2.19. The van der Waals surface area contributed by atoms with Gasteiger partial charge in [0, 0.05) is 30.5 Å². The predicted octanol–water partition coefficient (Wildman–Crippen LogP) is 1.88. The summed E-state index contributed by atoms with van der Waals surface area (Å²) in [6, 6.07) is 0.692. The average Bonchev–Trinajstić information content (AvgIpc) is 3.14. The number of nitrogens with zero attached hydrogens (tertiary/aromatic N) is 4. The van der Waals surface area contributed by atoms with Crippen LogP contribution in [0.3, 0.4) is 0 Å². The molecule has 2 aromatic heterocycles. The monoisotopic (exact) mass is 263 g/mol. The molecule has 0 aromatic carbocycles. The number of aromatic nitrogens is 4. The lowest BCUT2D eigenvalue weighted by molar-refractivity contribution is 0.680. The third-order valence-corrected chi connectivity index (χ3v) is 3.28. The van der Waals surface area contributed by atoms with Crippen LogP contribution in [0.15, 0.2) is 18.6 Å². The Hall–Kier alpha value is -1.46. The van der Waals surface area contributed by atoms with Gasteiger partial charge in [-0.3, -0.25) is 0 Å². The first-order chi connectivity index (χ1) is 8.72. The zero-order valence-electron chi connectivity index (χ0n) is 10.1. The van der Waals surface area contributed by atoms with E-state index in [4.69, 9.17) is 11.6 Å². The summed E-state index contributed by atoms with van der Waals surface area (Å²) in [5.74, 6) is 0.542. The Morgan fingerprint density at radius 3 is 2.67 bits per heavy atom. The molecule has 1 saturated carbocycles.